The Bertz CT molecular complexity index is 3330. The van der Waals surface area contributed by atoms with Crippen molar-refractivity contribution >= 4 is 80.6 Å². The highest BCUT2D eigenvalue weighted by atomic mass is 32.1. The first kappa shape index (κ1) is 28.8. The molecule has 0 radical (unpaired) electrons. The molecule has 7 aromatic carbocycles. The molecule has 0 amide bonds. The minimum Gasteiger partial charge on any atom is -0.306 e. The molecule has 0 atom stereocenters. The Morgan fingerprint density at radius 3 is 1.68 bits per heavy atom. The van der Waals surface area contributed by atoms with E-state index in [1.165, 1.54) is 58.6 Å². The fourth-order valence-corrected chi connectivity index (χ4v) is 9.58. The Morgan fingerprint density at radius 1 is 0.377 bits per heavy atom. The van der Waals surface area contributed by atoms with Crippen molar-refractivity contribution < 1.29 is 0 Å². The second-order valence-electron chi connectivity index (χ2n) is 13.6. The maximum Gasteiger partial charge on any atom is 0.238 e. The Kier molecular flexibility index (Phi) is 5.87. The molecule has 0 saturated carbocycles. The summed E-state index contributed by atoms with van der Waals surface area (Å²) in [5.74, 6) is 1.88. The molecule has 12 rings (SSSR count). The molecule has 5 nitrogen and oxygen atoms in total. The lowest BCUT2D eigenvalue weighted by atomic mass is 9.99. The Balaban J connectivity index is 1.11. The van der Waals surface area contributed by atoms with Gasteiger partial charge < -0.3 is 4.40 Å². The van der Waals surface area contributed by atoms with Crippen molar-refractivity contribution in [2.45, 2.75) is 0 Å². The summed E-state index contributed by atoms with van der Waals surface area (Å²) in [6, 6.07) is 58.1. The molecular weight excluding hydrogens is 667 g/mol. The fraction of sp³-hybridized carbons (Fsp3) is 0. The summed E-state index contributed by atoms with van der Waals surface area (Å²) >= 11 is 1.89. The van der Waals surface area contributed by atoms with Crippen LogP contribution in [-0.4, -0.2) is 23.9 Å². The third-order valence-corrected chi connectivity index (χ3v) is 11.9. The average Bonchev–Trinajstić information content (AvgIpc) is 3.96. The second kappa shape index (κ2) is 10.8. The van der Waals surface area contributed by atoms with E-state index >= 15 is 0 Å². The third-order valence-electron chi connectivity index (χ3n) is 10.7. The van der Waals surface area contributed by atoms with Gasteiger partial charge >= 0.3 is 0 Å². The Morgan fingerprint density at radius 2 is 0.943 bits per heavy atom. The molecule has 0 spiro atoms. The molecular formula is C47H27N5S. The van der Waals surface area contributed by atoms with Gasteiger partial charge in [0.05, 0.1) is 32.3 Å². The standard InChI is InChI=1S/C47H27N5S/c1-3-13-28(14-4-1)45-48-46(29-15-5-2-6-16-29)50-47(49-45)51-38-20-10-7-17-32(38)35-25-30(23-24-40(35)51)31-26-36-33-18-8-11-21-39(33)52-42(36)37(27-31)44-43(52)34-19-9-12-22-41(34)53-44/h1-27H. The average molecular weight is 694 g/mol. The second-order valence-corrected chi connectivity index (χ2v) is 14.7. The summed E-state index contributed by atoms with van der Waals surface area (Å²) in [4.78, 5) is 15.2. The number of fused-ring (bicyclic) bond motifs is 11. The van der Waals surface area contributed by atoms with Crippen LogP contribution in [0.25, 0.3) is 109 Å². The highest BCUT2D eigenvalue weighted by Gasteiger charge is 2.23. The highest BCUT2D eigenvalue weighted by molar-refractivity contribution is 7.26. The van der Waals surface area contributed by atoms with E-state index in [-0.39, 0.29) is 0 Å². The number of benzene rings is 7. The lowest BCUT2D eigenvalue weighted by Gasteiger charge is -2.11. The topological polar surface area (TPSA) is 48.0 Å². The molecule has 0 aliphatic carbocycles. The molecule has 0 unspecified atom stereocenters. The normalized spacial score (nSPS) is 12.2. The van der Waals surface area contributed by atoms with Crippen LogP contribution in [0.2, 0.25) is 0 Å². The van der Waals surface area contributed by atoms with Crippen molar-refractivity contribution in [2.75, 3.05) is 0 Å². The predicted octanol–water partition coefficient (Wildman–Crippen LogP) is 12.3. The first-order valence-corrected chi connectivity index (χ1v) is 18.6. The van der Waals surface area contributed by atoms with Crippen LogP contribution in [0, 0.1) is 0 Å². The molecule has 5 aromatic heterocycles. The van der Waals surface area contributed by atoms with E-state index in [4.69, 9.17) is 15.0 Å². The quantitative estimate of drug-likeness (QED) is 0.184. The van der Waals surface area contributed by atoms with Crippen LogP contribution < -0.4 is 0 Å². The first-order valence-electron chi connectivity index (χ1n) is 17.8. The van der Waals surface area contributed by atoms with Crippen molar-refractivity contribution in [3.8, 4) is 39.9 Å². The zero-order valence-electron chi connectivity index (χ0n) is 28.2. The highest BCUT2D eigenvalue weighted by Crippen LogP contribution is 2.47. The lowest BCUT2D eigenvalue weighted by molar-refractivity contribution is 0.953. The summed E-state index contributed by atoms with van der Waals surface area (Å²) < 4.78 is 7.35. The van der Waals surface area contributed by atoms with Gasteiger partial charge in [-0.15, -0.1) is 11.3 Å². The van der Waals surface area contributed by atoms with E-state index in [0.29, 0.717) is 17.6 Å². The molecule has 0 bridgehead atoms. The SMILES string of the molecule is c1ccc(-c2nc(-c3ccccc3)nc(-n3c4ccccc4c4cc(-c5cc6c7ccccc7n7c6c(c5)c5sc6ccccc6c57)ccc43)n2)cc1. The van der Waals surface area contributed by atoms with Gasteiger partial charge in [-0.3, -0.25) is 4.57 Å². The van der Waals surface area contributed by atoms with Crippen LogP contribution in [0.4, 0.5) is 0 Å². The summed E-state index contributed by atoms with van der Waals surface area (Å²) in [7, 11) is 0. The van der Waals surface area contributed by atoms with Gasteiger partial charge in [-0.25, -0.2) is 4.98 Å². The van der Waals surface area contributed by atoms with Gasteiger partial charge in [0.2, 0.25) is 5.95 Å². The van der Waals surface area contributed by atoms with Gasteiger partial charge in [-0.1, -0.05) is 121 Å². The number of para-hydroxylation sites is 2. The Labute approximate surface area is 307 Å². The molecule has 0 saturated heterocycles. The molecule has 6 heteroatoms. The van der Waals surface area contributed by atoms with E-state index in [2.05, 4.69) is 112 Å². The van der Waals surface area contributed by atoms with Gasteiger partial charge in [-0.2, -0.15) is 9.97 Å². The first-order chi connectivity index (χ1) is 26.3. The number of hydrogen-bond donors (Lipinski definition) is 0. The predicted molar refractivity (Wildman–Crippen MR) is 221 cm³/mol. The monoisotopic (exact) mass is 693 g/mol. The van der Waals surface area contributed by atoms with Crippen LogP contribution in [0.3, 0.4) is 0 Å². The summed E-state index contributed by atoms with van der Waals surface area (Å²) in [6.45, 7) is 0. The number of aromatic nitrogens is 5. The molecule has 12 aromatic rings. The molecule has 246 valence electrons. The number of thiophene rings is 1. The van der Waals surface area contributed by atoms with Crippen LogP contribution in [-0.2, 0) is 0 Å². The van der Waals surface area contributed by atoms with E-state index in [0.717, 1.165) is 32.9 Å². The van der Waals surface area contributed by atoms with Crippen LogP contribution >= 0.6 is 11.3 Å². The number of nitrogens with zero attached hydrogens (tertiary/aromatic N) is 5. The molecule has 0 N–H and O–H groups in total. The number of rotatable bonds is 4. The van der Waals surface area contributed by atoms with Crippen LogP contribution in [0.15, 0.2) is 164 Å². The zero-order chi connectivity index (χ0) is 34.6. The van der Waals surface area contributed by atoms with Gasteiger partial charge in [0.15, 0.2) is 11.6 Å². The minimum absolute atomic E-state index is 0.594. The summed E-state index contributed by atoms with van der Waals surface area (Å²) in [6.07, 6.45) is 0. The fourth-order valence-electron chi connectivity index (χ4n) is 8.37. The molecule has 0 aliphatic rings. The van der Waals surface area contributed by atoms with E-state index in [1.807, 2.05) is 72.0 Å². The minimum atomic E-state index is 0.594. The summed E-state index contributed by atoms with van der Waals surface area (Å²) in [5, 5.41) is 7.49. The third kappa shape index (κ3) is 4.09. The van der Waals surface area contributed by atoms with E-state index in [9.17, 15) is 0 Å². The van der Waals surface area contributed by atoms with Crippen LogP contribution in [0.1, 0.15) is 0 Å². The maximum absolute atomic E-state index is 5.12. The number of hydrogen-bond acceptors (Lipinski definition) is 4. The van der Waals surface area contributed by atoms with Gasteiger partial charge in [-0.05, 0) is 53.6 Å². The smallest absolute Gasteiger partial charge is 0.238 e. The largest absolute Gasteiger partial charge is 0.306 e. The Hall–Kier alpha value is -6.89. The van der Waals surface area contributed by atoms with Gasteiger partial charge in [0.25, 0.3) is 0 Å². The summed E-state index contributed by atoms with van der Waals surface area (Å²) in [5.41, 5.74) is 10.2. The van der Waals surface area contributed by atoms with Gasteiger partial charge in [0, 0.05) is 48.1 Å². The zero-order valence-corrected chi connectivity index (χ0v) is 29.0. The molecule has 0 fully saturated rings. The molecule has 53 heavy (non-hydrogen) atoms. The van der Waals surface area contributed by atoms with E-state index in [1.54, 1.807) is 0 Å². The van der Waals surface area contributed by atoms with Crippen LogP contribution in [0.5, 0.6) is 0 Å². The molecule has 5 heterocycles. The lowest BCUT2D eigenvalue weighted by Crippen LogP contribution is -2.06. The van der Waals surface area contributed by atoms with E-state index < -0.39 is 0 Å². The van der Waals surface area contributed by atoms with Crippen molar-refractivity contribution in [1.82, 2.24) is 23.9 Å². The van der Waals surface area contributed by atoms with Crippen molar-refractivity contribution in [2.24, 2.45) is 0 Å². The molecule has 0 aliphatic heterocycles. The van der Waals surface area contributed by atoms with Gasteiger partial charge in [0.1, 0.15) is 0 Å². The van der Waals surface area contributed by atoms with Crippen molar-refractivity contribution in [3.05, 3.63) is 164 Å². The van der Waals surface area contributed by atoms with Crippen molar-refractivity contribution in [3.63, 3.8) is 0 Å². The maximum atomic E-state index is 5.12. The van der Waals surface area contributed by atoms with Crippen molar-refractivity contribution in [1.29, 1.82) is 0 Å².